The fourth-order valence-corrected chi connectivity index (χ4v) is 4.23. The number of fused-ring (bicyclic) bond motifs is 1. The third-order valence-electron chi connectivity index (χ3n) is 6.01. The summed E-state index contributed by atoms with van der Waals surface area (Å²) < 4.78 is 1.23. The highest BCUT2D eigenvalue weighted by Gasteiger charge is 2.33. The maximum atomic E-state index is 13.2. The van der Waals surface area contributed by atoms with Gasteiger partial charge in [0.25, 0.3) is 11.5 Å². The predicted molar refractivity (Wildman–Crippen MR) is 115 cm³/mol. The fraction of sp³-hybridized carbons (Fsp3) is 0.391. The van der Waals surface area contributed by atoms with E-state index in [4.69, 9.17) is 0 Å². The number of allylic oxidation sites excluding steroid dienone is 4. The molecule has 1 aliphatic heterocycles. The van der Waals surface area contributed by atoms with Crippen LogP contribution in [0.15, 0.2) is 52.5 Å². The monoisotopic (exact) mass is 403 g/mol. The van der Waals surface area contributed by atoms with Crippen LogP contribution in [0.2, 0.25) is 0 Å². The predicted octanol–water partition coefficient (Wildman–Crippen LogP) is 2.46. The van der Waals surface area contributed by atoms with E-state index in [1.165, 1.54) is 4.68 Å². The van der Waals surface area contributed by atoms with Gasteiger partial charge in [-0.3, -0.25) is 9.59 Å². The molecule has 1 amide bonds. The molecule has 1 aromatic carbocycles. The summed E-state index contributed by atoms with van der Waals surface area (Å²) in [6.45, 7) is 6.89. The maximum absolute atomic E-state index is 13.2. The van der Waals surface area contributed by atoms with Crippen molar-refractivity contribution in [1.82, 2.24) is 19.6 Å². The highest BCUT2D eigenvalue weighted by atomic mass is 16.2. The first-order valence-corrected chi connectivity index (χ1v) is 10.1. The van der Waals surface area contributed by atoms with E-state index in [0.717, 1.165) is 12.1 Å². The van der Waals surface area contributed by atoms with Crippen molar-refractivity contribution in [2.24, 2.45) is 12.5 Å². The minimum absolute atomic E-state index is 0.0397. The van der Waals surface area contributed by atoms with E-state index in [9.17, 15) is 14.9 Å². The zero-order valence-corrected chi connectivity index (χ0v) is 17.6. The molecule has 1 aliphatic carbocycles. The number of amides is 1. The Morgan fingerprint density at radius 3 is 2.47 bits per heavy atom. The van der Waals surface area contributed by atoms with Gasteiger partial charge >= 0.3 is 0 Å². The van der Waals surface area contributed by atoms with Crippen LogP contribution in [0.3, 0.4) is 0 Å². The molecular formula is C23H25N5O2. The van der Waals surface area contributed by atoms with Crippen LogP contribution in [0, 0.1) is 16.7 Å². The van der Waals surface area contributed by atoms with E-state index >= 15 is 0 Å². The number of piperazine rings is 1. The number of aryl methyl sites for hydroxylation is 1. The first-order chi connectivity index (χ1) is 14.3. The molecule has 0 radical (unpaired) electrons. The molecule has 1 saturated heterocycles. The Labute approximate surface area is 175 Å². The summed E-state index contributed by atoms with van der Waals surface area (Å²) in [6.07, 6.45) is 4.79. The molecule has 0 bridgehead atoms. The number of carbonyl (C=O) groups is 1. The van der Waals surface area contributed by atoms with E-state index in [1.54, 1.807) is 30.1 Å². The molecule has 0 atom stereocenters. The summed E-state index contributed by atoms with van der Waals surface area (Å²) in [4.78, 5) is 29.7. The third-order valence-corrected chi connectivity index (χ3v) is 6.01. The minimum Gasteiger partial charge on any atom is -0.371 e. The number of nitrogens with zero attached hydrogens (tertiary/aromatic N) is 5. The molecule has 7 heteroatoms. The number of nitriles is 1. The first-order valence-electron chi connectivity index (χ1n) is 10.1. The lowest BCUT2D eigenvalue weighted by atomic mass is 9.79. The van der Waals surface area contributed by atoms with E-state index in [-0.39, 0.29) is 16.9 Å². The fourth-order valence-electron chi connectivity index (χ4n) is 4.23. The Bertz CT molecular complexity index is 1170. The Kier molecular flexibility index (Phi) is 4.94. The molecule has 0 unspecified atom stereocenters. The molecule has 2 aliphatic rings. The molecule has 7 nitrogen and oxygen atoms in total. The average Bonchev–Trinajstić information content (AvgIpc) is 2.76. The Morgan fingerprint density at radius 2 is 1.80 bits per heavy atom. The SMILES string of the molecule is Cn1nc(C(=O)N2CCN(C3=CC(C#N)=CCC3(C)C)CC2)c2ccccc2c1=O. The van der Waals surface area contributed by atoms with Crippen molar-refractivity contribution >= 4 is 16.7 Å². The van der Waals surface area contributed by atoms with E-state index in [0.29, 0.717) is 48.2 Å². The number of benzene rings is 1. The Morgan fingerprint density at radius 1 is 1.13 bits per heavy atom. The van der Waals surface area contributed by atoms with Gasteiger partial charge in [-0.2, -0.15) is 10.4 Å². The van der Waals surface area contributed by atoms with Gasteiger partial charge in [0, 0.05) is 55.3 Å². The lowest BCUT2D eigenvalue weighted by molar-refractivity contribution is 0.0642. The summed E-state index contributed by atoms with van der Waals surface area (Å²) in [5, 5.41) is 14.6. The lowest BCUT2D eigenvalue weighted by Gasteiger charge is -2.43. The van der Waals surface area contributed by atoms with Gasteiger partial charge in [0.1, 0.15) is 0 Å². The molecule has 2 aromatic rings. The molecule has 154 valence electrons. The molecule has 0 saturated carbocycles. The second-order valence-corrected chi connectivity index (χ2v) is 8.49. The summed E-state index contributed by atoms with van der Waals surface area (Å²) in [7, 11) is 1.57. The van der Waals surface area contributed by atoms with Gasteiger partial charge in [-0.15, -0.1) is 0 Å². The van der Waals surface area contributed by atoms with Gasteiger partial charge in [0.2, 0.25) is 0 Å². The second kappa shape index (κ2) is 7.45. The quantitative estimate of drug-likeness (QED) is 0.769. The number of carbonyl (C=O) groups excluding carboxylic acids is 1. The molecule has 1 aromatic heterocycles. The normalized spacial score (nSPS) is 18.6. The second-order valence-electron chi connectivity index (χ2n) is 8.49. The van der Waals surface area contributed by atoms with Gasteiger partial charge in [0.15, 0.2) is 5.69 Å². The minimum atomic E-state index is -0.209. The van der Waals surface area contributed by atoms with E-state index in [1.807, 2.05) is 18.2 Å². The molecule has 0 N–H and O–H groups in total. The molecule has 1 fully saturated rings. The molecule has 30 heavy (non-hydrogen) atoms. The average molecular weight is 403 g/mol. The standard InChI is InChI=1S/C23H25N5O2/c1-23(2)9-8-16(15-24)14-19(23)27-10-12-28(13-11-27)22(30)20-17-6-4-5-7-18(17)21(29)26(3)25-20/h4-8,14H,9-13H2,1-3H3. The summed E-state index contributed by atoms with van der Waals surface area (Å²) in [5.41, 5.74) is 1.91. The Hall–Kier alpha value is -3.40. The molecular weight excluding hydrogens is 378 g/mol. The van der Waals surface area contributed by atoms with Crippen LogP contribution >= 0.6 is 0 Å². The summed E-state index contributed by atoms with van der Waals surface area (Å²) in [6, 6.07) is 9.36. The van der Waals surface area contributed by atoms with Crippen LogP contribution in [-0.2, 0) is 7.05 Å². The van der Waals surface area contributed by atoms with Crippen LogP contribution in [0.25, 0.3) is 10.8 Å². The number of aromatic nitrogens is 2. The van der Waals surface area contributed by atoms with Crippen LogP contribution < -0.4 is 5.56 Å². The van der Waals surface area contributed by atoms with Crippen LogP contribution in [0.5, 0.6) is 0 Å². The zero-order chi connectivity index (χ0) is 21.5. The highest BCUT2D eigenvalue weighted by Crippen LogP contribution is 2.38. The maximum Gasteiger partial charge on any atom is 0.275 e. The summed E-state index contributed by atoms with van der Waals surface area (Å²) in [5.74, 6) is -0.157. The molecule has 0 spiro atoms. The first kappa shape index (κ1) is 19.9. The van der Waals surface area contributed by atoms with Crippen molar-refractivity contribution in [2.75, 3.05) is 26.2 Å². The summed E-state index contributed by atoms with van der Waals surface area (Å²) >= 11 is 0. The number of rotatable bonds is 2. The number of hydrogen-bond acceptors (Lipinski definition) is 5. The third kappa shape index (κ3) is 3.39. The van der Waals surface area contributed by atoms with Crippen molar-refractivity contribution < 1.29 is 4.79 Å². The van der Waals surface area contributed by atoms with Gasteiger partial charge in [0.05, 0.1) is 11.5 Å². The highest BCUT2D eigenvalue weighted by molar-refractivity contribution is 6.04. The van der Waals surface area contributed by atoms with Gasteiger partial charge in [-0.1, -0.05) is 38.1 Å². The largest absolute Gasteiger partial charge is 0.371 e. The van der Waals surface area contributed by atoms with Crippen LogP contribution in [0.4, 0.5) is 0 Å². The van der Waals surface area contributed by atoms with Crippen molar-refractivity contribution in [1.29, 1.82) is 5.26 Å². The van der Waals surface area contributed by atoms with Crippen LogP contribution in [-0.4, -0.2) is 51.7 Å². The van der Waals surface area contributed by atoms with Gasteiger partial charge < -0.3 is 9.80 Å². The lowest BCUT2D eigenvalue weighted by Crippen LogP contribution is -2.50. The zero-order valence-electron chi connectivity index (χ0n) is 17.6. The van der Waals surface area contributed by atoms with Gasteiger partial charge in [-0.05, 0) is 18.6 Å². The smallest absolute Gasteiger partial charge is 0.275 e. The molecule has 2 heterocycles. The van der Waals surface area contributed by atoms with Crippen molar-refractivity contribution in [2.45, 2.75) is 20.3 Å². The van der Waals surface area contributed by atoms with Crippen molar-refractivity contribution in [3.63, 3.8) is 0 Å². The van der Waals surface area contributed by atoms with Crippen LogP contribution in [0.1, 0.15) is 30.8 Å². The van der Waals surface area contributed by atoms with Crippen molar-refractivity contribution in [3.8, 4) is 6.07 Å². The Balaban J connectivity index is 1.56. The van der Waals surface area contributed by atoms with E-state index < -0.39 is 0 Å². The molecule has 4 rings (SSSR count). The van der Waals surface area contributed by atoms with E-state index in [2.05, 4.69) is 29.9 Å². The number of hydrogen-bond donors (Lipinski definition) is 0. The topological polar surface area (TPSA) is 82.2 Å². The van der Waals surface area contributed by atoms with Crippen molar-refractivity contribution in [3.05, 3.63) is 63.7 Å². The van der Waals surface area contributed by atoms with Gasteiger partial charge in [-0.25, -0.2) is 4.68 Å².